The number of carbonyl (C=O) groups excluding carboxylic acids is 1. The Labute approximate surface area is 115 Å². The minimum Gasteiger partial charge on any atom is -0.343 e. The normalized spacial score (nSPS) is 27.4. The van der Waals surface area contributed by atoms with Gasteiger partial charge in [0.25, 0.3) is 0 Å². The maximum atomic E-state index is 11.9. The second kappa shape index (κ2) is 6.29. The summed E-state index contributed by atoms with van der Waals surface area (Å²) >= 11 is 2.03. The molecule has 0 saturated carbocycles. The molecule has 3 nitrogen and oxygen atoms in total. The molecular formula is C14H26N2OS. The third kappa shape index (κ3) is 3.64. The van der Waals surface area contributed by atoms with E-state index in [0.29, 0.717) is 23.8 Å². The number of hydrogen-bond donors (Lipinski definition) is 1. The Bertz CT molecular complexity index is 288. The van der Waals surface area contributed by atoms with Crippen LogP contribution in [0.1, 0.15) is 39.5 Å². The van der Waals surface area contributed by atoms with E-state index in [4.69, 9.17) is 0 Å². The van der Waals surface area contributed by atoms with Crippen LogP contribution in [0.5, 0.6) is 0 Å². The predicted octanol–water partition coefficient (Wildman–Crippen LogP) is 2.12. The highest BCUT2D eigenvalue weighted by atomic mass is 32.2. The van der Waals surface area contributed by atoms with E-state index in [9.17, 15) is 4.79 Å². The van der Waals surface area contributed by atoms with Crippen molar-refractivity contribution in [3.05, 3.63) is 0 Å². The Morgan fingerprint density at radius 1 is 1.39 bits per heavy atom. The van der Waals surface area contributed by atoms with Crippen molar-refractivity contribution in [2.24, 2.45) is 5.41 Å². The quantitative estimate of drug-likeness (QED) is 0.849. The number of nitrogens with zero attached hydrogens (tertiary/aromatic N) is 1. The molecule has 2 saturated heterocycles. The first kappa shape index (κ1) is 14.2. The van der Waals surface area contributed by atoms with E-state index in [0.717, 1.165) is 19.6 Å². The number of carbonyl (C=O) groups is 1. The monoisotopic (exact) mass is 270 g/mol. The van der Waals surface area contributed by atoms with Gasteiger partial charge in [0.1, 0.15) is 0 Å². The Morgan fingerprint density at radius 2 is 2.11 bits per heavy atom. The average Bonchev–Trinajstić information content (AvgIpc) is 2.84. The average molecular weight is 270 g/mol. The lowest BCUT2D eigenvalue weighted by Gasteiger charge is -2.39. The van der Waals surface area contributed by atoms with E-state index in [1.807, 2.05) is 16.7 Å². The lowest BCUT2D eigenvalue weighted by atomic mass is 9.82. The van der Waals surface area contributed by atoms with E-state index in [2.05, 4.69) is 19.2 Å². The van der Waals surface area contributed by atoms with Gasteiger partial charge in [-0.3, -0.25) is 4.79 Å². The van der Waals surface area contributed by atoms with E-state index in [1.54, 1.807) is 0 Å². The molecule has 0 aliphatic carbocycles. The van der Waals surface area contributed by atoms with Crippen LogP contribution in [0.15, 0.2) is 0 Å². The van der Waals surface area contributed by atoms with Crippen LogP contribution < -0.4 is 5.32 Å². The van der Waals surface area contributed by atoms with Crippen molar-refractivity contribution in [3.8, 4) is 0 Å². The van der Waals surface area contributed by atoms with Gasteiger partial charge >= 0.3 is 0 Å². The highest BCUT2D eigenvalue weighted by Gasteiger charge is 2.32. The summed E-state index contributed by atoms with van der Waals surface area (Å²) in [5, 5.41) is 3.60. The molecular weight excluding hydrogens is 244 g/mol. The molecule has 0 radical (unpaired) electrons. The number of likely N-dealkylation sites (tertiary alicyclic amines) is 1. The van der Waals surface area contributed by atoms with E-state index in [-0.39, 0.29) is 0 Å². The molecule has 18 heavy (non-hydrogen) atoms. The van der Waals surface area contributed by atoms with Gasteiger partial charge in [-0.1, -0.05) is 13.8 Å². The van der Waals surface area contributed by atoms with Crippen molar-refractivity contribution >= 4 is 17.7 Å². The van der Waals surface area contributed by atoms with Crippen LogP contribution in [-0.2, 0) is 4.79 Å². The number of rotatable bonds is 4. The molecule has 104 valence electrons. The lowest BCUT2D eigenvalue weighted by Crippen LogP contribution is -2.47. The zero-order valence-corrected chi connectivity index (χ0v) is 12.5. The van der Waals surface area contributed by atoms with Crippen molar-refractivity contribution in [2.75, 3.05) is 31.1 Å². The van der Waals surface area contributed by atoms with Gasteiger partial charge < -0.3 is 10.2 Å². The van der Waals surface area contributed by atoms with Crippen molar-refractivity contribution in [1.29, 1.82) is 0 Å². The highest BCUT2D eigenvalue weighted by molar-refractivity contribution is 7.99. The molecule has 0 aromatic heterocycles. The summed E-state index contributed by atoms with van der Waals surface area (Å²) in [6.07, 6.45) is 4.31. The third-order valence-corrected chi connectivity index (χ3v) is 5.37. The van der Waals surface area contributed by atoms with Crippen molar-refractivity contribution in [1.82, 2.24) is 10.2 Å². The SMILES string of the molecule is CC1(C)CCSCC1NCCC(=O)N1CCCC1. The molecule has 2 aliphatic rings. The fourth-order valence-electron chi connectivity index (χ4n) is 2.75. The van der Waals surface area contributed by atoms with Gasteiger partial charge in [-0.15, -0.1) is 0 Å². The van der Waals surface area contributed by atoms with Crippen LogP contribution in [0.3, 0.4) is 0 Å². The van der Waals surface area contributed by atoms with Gasteiger partial charge in [-0.25, -0.2) is 0 Å². The summed E-state index contributed by atoms with van der Waals surface area (Å²) < 4.78 is 0. The van der Waals surface area contributed by atoms with Crippen LogP contribution in [0, 0.1) is 5.41 Å². The predicted molar refractivity (Wildman–Crippen MR) is 77.9 cm³/mol. The van der Waals surface area contributed by atoms with Crippen LogP contribution in [0.25, 0.3) is 0 Å². The molecule has 2 fully saturated rings. The second-order valence-electron chi connectivity index (χ2n) is 6.16. The van der Waals surface area contributed by atoms with Crippen molar-refractivity contribution in [3.63, 3.8) is 0 Å². The van der Waals surface area contributed by atoms with Gasteiger partial charge in [-0.2, -0.15) is 11.8 Å². The van der Waals surface area contributed by atoms with Gasteiger partial charge in [0, 0.05) is 37.8 Å². The summed E-state index contributed by atoms with van der Waals surface area (Å²) in [5.74, 6) is 2.80. The standard InChI is InChI=1S/C14H26N2OS/c1-14(2)6-10-18-11-12(14)15-7-5-13(17)16-8-3-4-9-16/h12,15H,3-11H2,1-2H3. The Balaban J connectivity index is 1.69. The van der Waals surface area contributed by atoms with Gasteiger partial charge in [-0.05, 0) is 30.4 Å². The summed E-state index contributed by atoms with van der Waals surface area (Å²) in [5.41, 5.74) is 0.377. The molecule has 0 spiro atoms. The number of nitrogens with one attached hydrogen (secondary N) is 1. The van der Waals surface area contributed by atoms with Crippen LogP contribution >= 0.6 is 11.8 Å². The molecule has 2 heterocycles. The molecule has 1 amide bonds. The van der Waals surface area contributed by atoms with Gasteiger partial charge in [0.2, 0.25) is 5.91 Å². The smallest absolute Gasteiger partial charge is 0.223 e. The summed E-state index contributed by atoms with van der Waals surface area (Å²) in [6.45, 7) is 7.47. The molecule has 4 heteroatoms. The molecule has 2 rings (SSSR count). The van der Waals surface area contributed by atoms with Crippen molar-refractivity contribution in [2.45, 2.75) is 45.6 Å². The van der Waals surface area contributed by atoms with Gasteiger partial charge in [0.15, 0.2) is 0 Å². The number of amides is 1. The third-order valence-electron chi connectivity index (χ3n) is 4.31. The second-order valence-corrected chi connectivity index (χ2v) is 7.31. The number of thioether (sulfide) groups is 1. The summed E-state index contributed by atoms with van der Waals surface area (Å²) in [6, 6.07) is 0.558. The van der Waals surface area contributed by atoms with Gasteiger partial charge in [0.05, 0.1) is 0 Å². The molecule has 1 atom stereocenters. The van der Waals surface area contributed by atoms with Crippen LogP contribution in [-0.4, -0.2) is 48.0 Å². The van der Waals surface area contributed by atoms with E-state index >= 15 is 0 Å². The summed E-state index contributed by atoms with van der Waals surface area (Å²) in [4.78, 5) is 13.9. The van der Waals surface area contributed by atoms with E-state index in [1.165, 1.54) is 30.8 Å². The lowest BCUT2D eigenvalue weighted by molar-refractivity contribution is -0.130. The first-order chi connectivity index (χ1) is 8.59. The highest BCUT2D eigenvalue weighted by Crippen LogP contribution is 2.34. The van der Waals surface area contributed by atoms with Crippen molar-refractivity contribution < 1.29 is 4.79 Å². The minimum atomic E-state index is 0.335. The molecule has 0 aromatic carbocycles. The zero-order chi connectivity index (χ0) is 13.0. The Morgan fingerprint density at radius 3 is 2.78 bits per heavy atom. The molecule has 1 N–H and O–H groups in total. The van der Waals surface area contributed by atoms with E-state index < -0.39 is 0 Å². The molecule has 0 aromatic rings. The summed E-state index contributed by atoms with van der Waals surface area (Å²) in [7, 11) is 0. The largest absolute Gasteiger partial charge is 0.343 e. The van der Waals surface area contributed by atoms with Crippen LogP contribution in [0.2, 0.25) is 0 Å². The first-order valence-corrected chi connectivity index (χ1v) is 8.34. The maximum Gasteiger partial charge on any atom is 0.223 e. The fourth-order valence-corrected chi connectivity index (χ4v) is 4.39. The maximum absolute atomic E-state index is 11.9. The zero-order valence-electron chi connectivity index (χ0n) is 11.7. The number of hydrogen-bond acceptors (Lipinski definition) is 3. The molecule has 2 aliphatic heterocycles. The first-order valence-electron chi connectivity index (χ1n) is 7.18. The Kier molecular flexibility index (Phi) is 4.96. The molecule has 0 bridgehead atoms. The topological polar surface area (TPSA) is 32.3 Å². The minimum absolute atomic E-state index is 0.335. The Hall–Kier alpha value is -0.220. The fraction of sp³-hybridized carbons (Fsp3) is 0.929. The van der Waals surface area contributed by atoms with Crippen LogP contribution in [0.4, 0.5) is 0 Å². The molecule has 1 unspecified atom stereocenters.